The molecule has 0 heterocycles. The third-order valence-electron chi connectivity index (χ3n) is 2.23. The molecule has 0 saturated carbocycles. The number of carbonyl (C=O) groups is 1. The summed E-state index contributed by atoms with van der Waals surface area (Å²) < 4.78 is 6.06. The average molecular weight is 202 g/mol. The highest BCUT2D eigenvalue weighted by atomic mass is 16.5. The molecular formula is C11H24NO2+. The Bertz CT molecular complexity index is 173. The van der Waals surface area contributed by atoms with Crippen LogP contribution in [0.5, 0.6) is 0 Å². The zero-order chi connectivity index (χ0) is 11.2. The molecular weight excluding hydrogens is 178 g/mol. The van der Waals surface area contributed by atoms with Gasteiger partial charge in [0.2, 0.25) is 0 Å². The van der Waals surface area contributed by atoms with Crippen molar-refractivity contribution >= 4 is 5.97 Å². The largest absolute Gasteiger partial charge is 0.465 e. The second-order valence-electron chi connectivity index (χ2n) is 4.84. The van der Waals surface area contributed by atoms with Gasteiger partial charge in [0.15, 0.2) is 0 Å². The van der Waals surface area contributed by atoms with Crippen LogP contribution in [0.2, 0.25) is 0 Å². The van der Waals surface area contributed by atoms with Crippen molar-refractivity contribution in [2.45, 2.75) is 26.7 Å². The lowest BCUT2D eigenvalue weighted by Crippen LogP contribution is -2.36. The first-order chi connectivity index (χ1) is 6.37. The minimum absolute atomic E-state index is 0.0409. The van der Waals surface area contributed by atoms with Gasteiger partial charge in [0, 0.05) is 6.42 Å². The number of esters is 1. The number of ether oxygens (including phenoxy) is 1. The van der Waals surface area contributed by atoms with E-state index in [0.717, 1.165) is 23.9 Å². The van der Waals surface area contributed by atoms with E-state index >= 15 is 0 Å². The predicted octanol–water partition coefficient (Wildman–Crippen LogP) is 1.67. The molecule has 1 unspecified atom stereocenters. The summed E-state index contributed by atoms with van der Waals surface area (Å²) in [5.41, 5.74) is 0. The summed E-state index contributed by atoms with van der Waals surface area (Å²) in [6.07, 6.45) is 1.79. The second kappa shape index (κ2) is 6.02. The SMILES string of the molecule is CCC(C)C(=O)OCCC[N+](C)(C)C. The molecule has 0 aliphatic carbocycles. The number of rotatable bonds is 6. The smallest absolute Gasteiger partial charge is 0.308 e. The molecule has 3 heteroatoms. The molecule has 14 heavy (non-hydrogen) atoms. The van der Waals surface area contributed by atoms with E-state index in [9.17, 15) is 4.79 Å². The molecule has 0 amide bonds. The molecule has 0 fully saturated rings. The first kappa shape index (κ1) is 13.4. The van der Waals surface area contributed by atoms with Crippen LogP contribution in [0, 0.1) is 5.92 Å². The van der Waals surface area contributed by atoms with Crippen molar-refractivity contribution in [2.24, 2.45) is 5.92 Å². The molecule has 0 bridgehead atoms. The van der Waals surface area contributed by atoms with Crippen LogP contribution < -0.4 is 0 Å². The summed E-state index contributed by atoms with van der Waals surface area (Å²) in [5, 5.41) is 0. The van der Waals surface area contributed by atoms with Gasteiger partial charge in [-0.15, -0.1) is 0 Å². The second-order valence-corrected chi connectivity index (χ2v) is 4.84. The molecule has 84 valence electrons. The summed E-state index contributed by atoms with van der Waals surface area (Å²) in [5.74, 6) is -0.0203. The van der Waals surface area contributed by atoms with E-state index in [1.807, 2.05) is 13.8 Å². The first-order valence-electron chi connectivity index (χ1n) is 5.34. The average Bonchev–Trinajstić information content (AvgIpc) is 2.09. The Balaban J connectivity index is 3.51. The Kier molecular flexibility index (Phi) is 5.77. The molecule has 0 spiro atoms. The van der Waals surface area contributed by atoms with E-state index in [2.05, 4.69) is 21.1 Å². The monoisotopic (exact) mass is 202 g/mol. The van der Waals surface area contributed by atoms with E-state index in [1.54, 1.807) is 0 Å². The van der Waals surface area contributed by atoms with Crippen molar-refractivity contribution in [2.75, 3.05) is 34.3 Å². The zero-order valence-electron chi connectivity index (χ0n) is 10.2. The predicted molar refractivity (Wildman–Crippen MR) is 57.9 cm³/mol. The van der Waals surface area contributed by atoms with Crippen molar-refractivity contribution in [1.29, 1.82) is 0 Å². The van der Waals surface area contributed by atoms with Gasteiger partial charge in [-0.1, -0.05) is 13.8 Å². The standard InChI is InChI=1S/C11H24NO2/c1-6-10(2)11(13)14-9-7-8-12(3,4)5/h10H,6-9H2,1-5H3/q+1. The Morgan fingerprint density at radius 2 is 1.93 bits per heavy atom. The Hall–Kier alpha value is -0.570. The molecule has 0 aliphatic heterocycles. The maximum absolute atomic E-state index is 11.3. The molecule has 1 atom stereocenters. The van der Waals surface area contributed by atoms with Crippen molar-refractivity contribution in [3.8, 4) is 0 Å². The van der Waals surface area contributed by atoms with Crippen LogP contribution in [0.1, 0.15) is 26.7 Å². The van der Waals surface area contributed by atoms with Crippen LogP contribution in [0.25, 0.3) is 0 Å². The summed E-state index contributed by atoms with van der Waals surface area (Å²) in [6.45, 7) is 5.49. The molecule has 0 radical (unpaired) electrons. The van der Waals surface area contributed by atoms with Crippen LogP contribution in [-0.2, 0) is 9.53 Å². The maximum Gasteiger partial charge on any atom is 0.308 e. The molecule has 0 aromatic carbocycles. The van der Waals surface area contributed by atoms with E-state index in [0.29, 0.717) is 6.61 Å². The number of carbonyl (C=O) groups excluding carboxylic acids is 1. The highest BCUT2D eigenvalue weighted by Crippen LogP contribution is 2.03. The van der Waals surface area contributed by atoms with E-state index < -0.39 is 0 Å². The summed E-state index contributed by atoms with van der Waals surface area (Å²) in [6, 6.07) is 0. The van der Waals surface area contributed by atoms with E-state index in [4.69, 9.17) is 4.74 Å². The number of hydrogen-bond acceptors (Lipinski definition) is 2. The van der Waals surface area contributed by atoms with Crippen molar-refractivity contribution in [3.05, 3.63) is 0 Å². The number of quaternary nitrogens is 1. The van der Waals surface area contributed by atoms with Crippen LogP contribution in [0.4, 0.5) is 0 Å². The van der Waals surface area contributed by atoms with E-state index in [-0.39, 0.29) is 11.9 Å². The lowest BCUT2D eigenvalue weighted by atomic mass is 10.1. The van der Waals surface area contributed by atoms with Gasteiger partial charge in [-0.3, -0.25) is 4.79 Å². The maximum atomic E-state index is 11.3. The normalized spacial score (nSPS) is 13.8. The topological polar surface area (TPSA) is 26.3 Å². The lowest BCUT2D eigenvalue weighted by Gasteiger charge is -2.23. The van der Waals surface area contributed by atoms with Crippen LogP contribution in [-0.4, -0.2) is 44.7 Å². The molecule has 0 saturated heterocycles. The van der Waals surface area contributed by atoms with Crippen molar-refractivity contribution in [3.63, 3.8) is 0 Å². The highest BCUT2D eigenvalue weighted by molar-refractivity contribution is 5.71. The summed E-state index contributed by atoms with van der Waals surface area (Å²) in [7, 11) is 6.41. The fraction of sp³-hybridized carbons (Fsp3) is 0.909. The van der Waals surface area contributed by atoms with Gasteiger partial charge >= 0.3 is 5.97 Å². The molecule has 0 N–H and O–H groups in total. The summed E-state index contributed by atoms with van der Waals surface area (Å²) >= 11 is 0. The van der Waals surface area contributed by atoms with Gasteiger partial charge in [-0.2, -0.15) is 0 Å². The molecule has 0 aromatic heterocycles. The van der Waals surface area contributed by atoms with Gasteiger partial charge < -0.3 is 9.22 Å². The molecule has 0 aromatic rings. The Morgan fingerprint density at radius 1 is 1.36 bits per heavy atom. The van der Waals surface area contributed by atoms with Crippen LogP contribution in [0.3, 0.4) is 0 Å². The minimum Gasteiger partial charge on any atom is -0.465 e. The third kappa shape index (κ3) is 6.89. The van der Waals surface area contributed by atoms with Gasteiger partial charge in [0.05, 0.1) is 40.2 Å². The molecule has 3 nitrogen and oxygen atoms in total. The van der Waals surface area contributed by atoms with Crippen molar-refractivity contribution in [1.82, 2.24) is 0 Å². The minimum atomic E-state index is -0.0612. The Labute approximate surface area is 87.6 Å². The fourth-order valence-electron chi connectivity index (χ4n) is 1.02. The van der Waals surface area contributed by atoms with Gasteiger partial charge in [0.25, 0.3) is 0 Å². The van der Waals surface area contributed by atoms with Gasteiger partial charge in [-0.05, 0) is 6.42 Å². The first-order valence-corrected chi connectivity index (χ1v) is 5.34. The summed E-state index contributed by atoms with van der Waals surface area (Å²) in [4.78, 5) is 11.3. The van der Waals surface area contributed by atoms with Crippen molar-refractivity contribution < 1.29 is 14.0 Å². The highest BCUT2D eigenvalue weighted by Gasteiger charge is 2.12. The van der Waals surface area contributed by atoms with Gasteiger partial charge in [0.1, 0.15) is 0 Å². The number of hydrogen-bond donors (Lipinski definition) is 0. The fourth-order valence-corrected chi connectivity index (χ4v) is 1.02. The molecule has 0 aliphatic rings. The quantitative estimate of drug-likeness (QED) is 0.372. The van der Waals surface area contributed by atoms with E-state index in [1.165, 1.54) is 0 Å². The third-order valence-corrected chi connectivity index (χ3v) is 2.23. The lowest BCUT2D eigenvalue weighted by molar-refractivity contribution is -0.870. The van der Waals surface area contributed by atoms with Crippen LogP contribution >= 0.6 is 0 Å². The zero-order valence-corrected chi connectivity index (χ0v) is 10.2. The van der Waals surface area contributed by atoms with Crippen LogP contribution in [0.15, 0.2) is 0 Å². The van der Waals surface area contributed by atoms with Gasteiger partial charge in [-0.25, -0.2) is 0 Å². The Morgan fingerprint density at radius 3 is 2.36 bits per heavy atom. The molecule has 0 rings (SSSR count). The number of nitrogens with zero attached hydrogens (tertiary/aromatic N) is 1.